The Balaban J connectivity index is 1.38. The number of benzene rings is 2. The average Bonchev–Trinajstić information content (AvgIpc) is 3.32. The second-order valence-corrected chi connectivity index (χ2v) is 6.95. The highest BCUT2D eigenvalue weighted by Crippen LogP contribution is 2.22. The van der Waals surface area contributed by atoms with Gasteiger partial charge in [-0.2, -0.15) is 0 Å². The number of rotatable bonds is 6. The lowest BCUT2D eigenvalue weighted by molar-refractivity contribution is 0.0954. The summed E-state index contributed by atoms with van der Waals surface area (Å²) < 4.78 is 5.10. The molecule has 0 spiro atoms. The zero-order valence-corrected chi connectivity index (χ0v) is 15.4. The van der Waals surface area contributed by atoms with E-state index in [1.165, 1.54) is 0 Å². The van der Waals surface area contributed by atoms with Crippen LogP contribution in [0.1, 0.15) is 27.0 Å². The molecule has 2 aromatic heterocycles. The van der Waals surface area contributed by atoms with Crippen molar-refractivity contribution in [2.24, 2.45) is 0 Å². The number of hydrogen-bond acceptors (Lipinski definition) is 2. The third kappa shape index (κ3) is 4.07. The summed E-state index contributed by atoms with van der Waals surface area (Å²) in [6, 6.07) is 15.4. The highest BCUT2D eigenvalue weighted by molar-refractivity contribution is 6.31. The van der Waals surface area contributed by atoms with Crippen molar-refractivity contribution in [1.29, 1.82) is 0 Å². The summed E-state index contributed by atoms with van der Waals surface area (Å²) >= 11 is 6.09. The second-order valence-electron chi connectivity index (χ2n) is 6.52. The van der Waals surface area contributed by atoms with Gasteiger partial charge in [0, 0.05) is 40.7 Å². The molecule has 0 bridgehead atoms. The van der Waals surface area contributed by atoms with Gasteiger partial charge in [0.05, 0.1) is 12.5 Å². The molecule has 4 rings (SSSR count). The minimum Gasteiger partial charge on any atom is -0.472 e. The van der Waals surface area contributed by atoms with Crippen LogP contribution in [0.25, 0.3) is 10.9 Å². The largest absolute Gasteiger partial charge is 0.472 e. The van der Waals surface area contributed by atoms with Gasteiger partial charge in [-0.1, -0.05) is 23.7 Å². The smallest absolute Gasteiger partial charge is 0.251 e. The number of carbonyl (C=O) groups is 1. The topological polar surface area (TPSA) is 58.0 Å². The molecule has 27 heavy (non-hydrogen) atoms. The SMILES string of the molecule is O=C(NCCc1c[nH]c2ccc(Cl)cc12)c1cccc(Cc2ccoc2)c1. The number of H-pyrrole nitrogens is 1. The molecule has 0 saturated heterocycles. The normalized spacial score (nSPS) is 11.0. The van der Waals surface area contributed by atoms with Gasteiger partial charge in [-0.05, 0) is 59.5 Å². The number of aromatic amines is 1. The molecule has 136 valence electrons. The van der Waals surface area contributed by atoms with Crippen LogP contribution in [-0.2, 0) is 12.8 Å². The van der Waals surface area contributed by atoms with Gasteiger partial charge in [0.2, 0.25) is 0 Å². The molecule has 4 aromatic rings. The quantitative estimate of drug-likeness (QED) is 0.497. The van der Waals surface area contributed by atoms with Crippen LogP contribution in [0, 0.1) is 0 Å². The van der Waals surface area contributed by atoms with Gasteiger partial charge in [-0.25, -0.2) is 0 Å². The van der Waals surface area contributed by atoms with Crippen LogP contribution in [-0.4, -0.2) is 17.4 Å². The first-order valence-electron chi connectivity index (χ1n) is 8.83. The highest BCUT2D eigenvalue weighted by Gasteiger charge is 2.08. The van der Waals surface area contributed by atoms with Crippen molar-refractivity contribution in [3.8, 4) is 0 Å². The minimum absolute atomic E-state index is 0.0677. The number of fused-ring (bicyclic) bond motifs is 1. The molecule has 2 N–H and O–H groups in total. The summed E-state index contributed by atoms with van der Waals surface area (Å²) in [4.78, 5) is 15.7. The van der Waals surface area contributed by atoms with E-state index in [9.17, 15) is 4.79 Å². The third-order valence-corrected chi connectivity index (χ3v) is 4.82. The Hall–Kier alpha value is -2.98. The lowest BCUT2D eigenvalue weighted by Gasteiger charge is -2.07. The Morgan fingerprint density at radius 1 is 1.11 bits per heavy atom. The van der Waals surface area contributed by atoms with Crippen molar-refractivity contribution < 1.29 is 9.21 Å². The van der Waals surface area contributed by atoms with Gasteiger partial charge < -0.3 is 14.7 Å². The van der Waals surface area contributed by atoms with Crippen LogP contribution >= 0.6 is 11.6 Å². The molecule has 5 heteroatoms. The molecule has 0 atom stereocenters. The van der Waals surface area contributed by atoms with Crippen molar-refractivity contribution >= 4 is 28.4 Å². The zero-order chi connectivity index (χ0) is 18.6. The average molecular weight is 379 g/mol. The molecule has 0 saturated carbocycles. The van der Waals surface area contributed by atoms with Crippen molar-refractivity contribution in [1.82, 2.24) is 10.3 Å². The number of carbonyl (C=O) groups excluding carboxylic acids is 1. The number of nitrogens with one attached hydrogen (secondary N) is 2. The van der Waals surface area contributed by atoms with E-state index >= 15 is 0 Å². The fourth-order valence-electron chi connectivity index (χ4n) is 3.22. The zero-order valence-electron chi connectivity index (χ0n) is 14.7. The predicted molar refractivity (Wildman–Crippen MR) is 107 cm³/mol. The summed E-state index contributed by atoms with van der Waals surface area (Å²) in [5.74, 6) is -0.0677. The van der Waals surface area contributed by atoms with Crippen LogP contribution in [0.4, 0.5) is 0 Å². The molecule has 0 aliphatic rings. The van der Waals surface area contributed by atoms with E-state index < -0.39 is 0 Å². The number of aromatic nitrogens is 1. The van der Waals surface area contributed by atoms with Crippen molar-refractivity contribution in [3.63, 3.8) is 0 Å². The maximum Gasteiger partial charge on any atom is 0.251 e. The van der Waals surface area contributed by atoms with Crippen LogP contribution < -0.4 is 5.32 Å². The maximum absolute atomic E-state index is 12.5. The summed E-state index contributed by atoms with van der Waals surface area (Å²) in [6.07, 6.45) is 6.83. The predicted octanol–water partition coefficient (Wildman–Crippen LogP) is 4.98. The molecule has 1 amide bonds. The van der Waals surface area contributed by atoms with Crippen molar-refractivity contribution in [2.75, 3.05) is 6.54 Å². The molecular weight excluding hydrogens is 360 g/mol. The van der Waals surface area contributed by atoms with Gasteiger partial charge in [0.1, 0.15) is 0 Å². The van der Waals surface area contributed by atoms with Crippen molar-refractivity contribution in [2.45, 2.75) is 12.8 Å². The van der Waals surface area contributed by atoms with E-state index in [-0.39, 0.29) is 5.91 Å². The first-order valence-corrected chi connectivity index (χ1v) is 9.20. The molecule has 2 heterocycles. The van der Waals surface area contributed by atoms with E-state index in [0.29, 0.717) is 17.1 Å². The number of hydrogen-bond donors (Lipinski definition) is 2. The molecule has 2 aromatic carbocycles. The standard InChI is InChI=1S/C22H19ClN2O2/c23-19-4-5-21-20(12-19)18(13-25-21)6-8-24-22(26)17-3-1-2-15(11-17)10-16-7-9-27-14-16/h1-5,7,9,11-14,25H,6,8,10H2,(H,24,26). The first-order chi connectivity index (χ1) is 13.2. The Morgan fingerprint density at radius 3 is 2.89 bits per heavy atom. The fourth-order valence-corrected chi connectivity index (χ4v) is 3.39. The lowest BCUT2D eigenvalue weighted by Crippen LogP contribution is -2.25. The van der Waals surface area contributed by atoms with E-state index in [2.05, 4.69) is 10.3 Å². The van der Waals surface area contributed by atoms with Gasteiger partial charge in [-0.3, -0.25) is 4.79 Å². The number of amides is 1. The third-order valence-electron chi connectivity index (χ3n) is 4.59. The maximum atomic E-state index is 12.5. The number of furan rings is 1. The van der Waals surface area contributed by atoms with E-state index in [1.54, 1.807) is 12.5 Å². The highest BCUT2D eigenvalue weighted by atomic mass is 35.5. The molecule has 0 fully saturated rings. The molecule has 0 aliphatic heterocycles. The summed E-state index contributed by atoms with van der Waals surface area (Å²) in [5, 5.41) is 4.80. The summed E-state index contributed by atoms with van der Waals surface area (Å²) in [7, 11) is 0. The van der Waals surface area contributed by atoms with Gasteiger partial charge in [0.25, 0.3) is 5.91 Å². The molecule has 0 radical (unpaired) electrons. The van der Waals surface area contributed by atoms with Crippen LogP contribution in [0.15, 0.2) is 71.7 Å². The summed E-state index contributed by atoms with van der Waals surface area (Å²) in [6.45, 7) is 0.560. The molecule has 4 nitrogen and oxygen atoms in total. The Labute approximate surface area is 162 Å². The number of halogens is 1. The first kappa shape index (κ1) is 17.4. The molecule has 0 aliphatic carbocycles. The van der Waals surface area contributed by atoms with Crippen LogP contribution in [0.5, 0.6) is 0 Å². The second kappa shape index (κ2) is 7.72. The fraction of sp³-hybridized carbons (Fsp3) is 0.136. The molecule has 0 unspecified atom stereocenters. The van der Waals surface area contributed by atoms with Crippen LogP contribution in [0.3, 0.4) is 0 Å². The van der Waals surface area contributed by atoms with E-state index in [4.69, 9.17) is 16.0 Å². The van der Waals surface area contributed by atoms with E-state index in [0.717, 1.165) is 40.4 Å². The molecular formula is C22H19ClN2O2. The van der Waals surface area contributed by atoms with Gasteiger partial charge in [-0.15, -0.1) is 0 Å². The Morgan fingerprint density at radius 2 is 2.04 bits per heavy atom. The van der Waals surface area contributed by atoms with Gasteiger partial charge in [0.15, 0.2) is 0 Å². The minimum atomic E-state index is -0.0677. The Kier molecular flexibility index (Phi) is 4.99. The lowest BCUT2D eigenvalue weighted by atomic mass is 10.0. The summed E-state index contributed by atoms with van der Waals surface area (Å²) in [5.41, 5.74) is 5.02. The van der Waals surface area contributed by atoms with Gasteiger partial charge >= 0.3 is 0 Å². The van der Waals surface area contributed by atoms with Crippen molar-refractivity contribution in [3.05, 3.63) is 94.5 Å². The van der Waals surface area contributed by atoms with E-state index in [1.807, 2.05) is 54.7 Å². The Bertz CT molecular complexity index is 1070. The monoisotopic (exact) mass is 378 g/mol. The van der Waals surface area contributed by atoms with Crippen LogP contribution in [0.2, 0.25) is 5.02 Å².